The van der Waals surface area contributed by atoms with Crippen molar-refractivity contribution in [3.63, 3.8) is 0 Å². The first kappa shape index (κ1) is 15.1. The average Bonchev–Trinajstić information content (AvgIpc) is 2.47. The fourth-order valence-electron chi connectivity index (χ4n) is 1.61. The van der Waals surface area contributed by atoms with Crippen molar-refractivity contribution in [2.24, 2.45) is 0 Å². The molecule has 0 fully saturated rings. The van der Waals surface area contributed by atoms with Crippen LogP contribution in [0, 0.1) is 5.82 Å². The molecule has 2 rings (SSSR count). The van der Waals surface area contributed by atoms with Gasteiger partial charge >= 0.3 is 6.03 Å². The molecule has 0 unspecified atom stereocenters. The molecule has 0 saturated carbocycles. The molecule has 0 aliphatic carbocycles. The van der Waals surface area contributed by atoms with Crippen LogP contribution in [0.15, 0.2) is 48.5 Å². The van der Waals surface area contributed by atoms with Crippen LogP contribution in [0.1, 0.15) is 5.56 Å². The first-order valence-electron chi connectivity index (χ1n) is 6.28. The second kappa shape index (κ2) is 7.50. The van der Waals surface area contributed by atoms with Crippen molar-refractivity contribution in [2.45, 2.75) is 6.54 Å². The van der Waals surface area contributed by atoms with Gasteiger partial charge in [0.25, 0.3) is 0 Å². The van der Waals surface area contributed by atoms with Crippen LogP contribution in [0.4, 0.5) is 9.18 Å². The third-order valence-electron chi connectivity index (χ3n) is 2.63. The molecule has 0 aliphatic rings. The Balaban J connectivity index is 1.69. The van der Waals surface area contributed by atoms with Crippen molar-refractivity contribution in [2.75, 3.05) is 6.73 Å². The topological polar surface area (TPSA) is 50.4 Å². The number of halogens is 2. The number of urea groups is 1. The predicted molar refractivity (Wildman–Crippen MR) is 78.7 cm³/mol. The maximum atomic E-state index is 13.0. The Hall–Kier alpha value is -2.27. The zero-order valence-electron chi connectivity index (χ0n) is 11.1. The van der Waals surface area contributed by atoms with Gasteiger partial charge in [0.2, 0.25) is 0 Å². The van der Waals surface area contributed by atoms with Crippen molar-refractivity contribution in [3.05, 3.63) is 64.9 Å². The van der Waals surface area contributed by atoms with Crippen LogP contribution >= 0.6 is 11.6 Å². The molecule has 4 nitrogen and oxygen atoms in total. The number of amides is 2. The standard InChI is InChI=1S/C15H14ClFN2O2/c16-12-4-6-14(7-5-12)21-10-19-15(20)18-9-11-2-1-3-13(17)8-11/h1-8H,9-10H2,(H2,18,19,20). The normalized spacial score (nSPS) is 10.0. The maximum absolute atomic E-state index is 13.0. The highest BCUT2D eigenvalue weighted by Crippen LogP contribution is 2.14. The van der Waals surface area contributed by atoms with Crippen molar-refractivity contribution in [1.29, 1.82) is 0 Å². The van der Waals surface area contributed by atoms with Crippen LogP contribution in [-0.2, 0) is 6.54 Å². The minimum Gasteiger partial charge on any atom is -0.473 e. The minimum absolute atomic E-state index is 0.0244. The van der Waals surface area contributed by atoms with E-state index in [0.717, 1.165) is 0 Å². The molecule has 2 amide bonds. The van der Waals surface area contributed by atoms with Crippen LogP contribution < -0.4 is 15.4 Å². The molecule has 0 aromatic heterocycles. The second-order valence-electron chi connectivity index (χ2n) is 4.23. The summed E-state index contributed by atoms with van der Waals surface area (Å²) >= 11 is 5.74. The Labute approximate surface area is 126 Å². The van der Waals surface area contributed by atoms with E-state index in [-0.39, 0.29) is 19.1 Å². The molecule has 6 heteroatoms. The summed E-state index contributed by atoms with van der Waals surface area (Å²) < 4.78 is 18.3. The smallest absolute Gasteiger partial charge is 0.317 e. The number of ether oxygens (including phenoxy) is 1. The SMILES string of the molecule is O=C(NCOc1ccc(Cl)cc1)NCc1cccc(F)c1. The monoisotopic (exact) mass is 308 g/mol. The van der Waals surface area contributed by atoms with Crippen LogP contribution in [-0.4, -0.2) is 12.8 Å². The van der Waals surface area contributed by atoms with Gasteiger partial charge in [0, 0.05) is 11.6 Å². The van der Waals surface area contributed by atoms with Gasteiger partial charge in [-0.05, 0) is 42.0 Å². The first-order chi connectivity index (χ1) is 10.1. The molecule has 0 aliphatic heterocycles. The van der Waals surface area contributed by atoms with E-state index in [2.05, 4.69) is 10.6 Å². The maximum Gasteiger partial charge on any atom is 0.317 e. The van der Waals surface area contributed by atoms with Crippen molar-refractivity contribution in [3.8, 4) is 5.75 Å². The molecule has 0 spiro atoms. The van der Waals surface area contributed by atoms with Gasteiger partial charge in [0.05, 0.1) is 0 Å². The van der Waals surface area contributed by atoms with Crippen LogP contribution in [0.25, 0.3) is 0 Å². The summed E-state index contributed by atoms with van der Waals surface area (Å²) in [5.41, 5.74) is 0.684. The molecule has 2 aromatic rings. The first-order valence-corrected chi connectivity index (χ1v) is 6.66. The van der Waals surface area contributed by atoms with Crippen molar-refractivity contribution < 1.29 is 13.9 Å². The number of carbonyl (C=O) groups excluding carboxylic acids is 1. The lowest BCUT2D eigenvalue weighted by atomic mass is 10.2. The third-order valence-corrected chi connectivity index (χ3v) is 2.88. The molecule has 21 heavy (non-hydrogen) atoms. The summed E-state index contributed by atoms with van der Waals surface area (Å²) in [5.74, 6) is 0.269. The molecule has 2 aromatic carbocycles. The fourth-order valence-corrected chi connectivity index (χ4v) is 1.73. The van der Waals surface area contributed by atoms with Crippen molar-refractivity contribution >= 4 is 17.6 Å². The Morgan fingerprint density at radius 3 is 2.62 bits per heavy atom. The van der Waals surface area contributed by atoms with E-state index in [1.165, 1.54) is 12.1 Å². The summed E-state index contributed by atoms with van der Waals surface area (Å²) in [4.78, 5) is 11.5. The minimum atomic E-state index is -0.395. The van der Waals surface area contributed by atoms with Crippen LogP contribution in [0.3, 0.4) is 0 Å². The summed E-state index contributed by atoms with van der Waals surface area (Å²) in [6.45, 7) is 0.265. The molecular formula is C15H14ClFN2O2. The highest BCUT2D eigenvalue weighted by atomic mass is 35.5. The lowest BCUT2D eigenvalue weighted by molar-refractivity contribution is 0.223. The molecule has 110 valence electrons. The van der Waals surface area contributed by atoms with E-state index >= 15 is 0 Å². The number of carbonyl (C=O) groups is 1. The molecule has 0 bridgehead atoms. The highest BCUT2D eigenvalue weighted by molar-refractivity contribution is 6.30. The number of nitrogens with one attached hydrogen (secondary N) is 2. The molecule has 2 N–H and O–H groups in total. The van der Waals surface area contributed by atoms with Gasteiger partial charge < -0.3 is 15.4 Å². The predicted octanol–water partition coefficient (Wildman–Crippen LogP) is 3.31. The van der Waals surface area contributed by atoms with Gasteiger partial charge in [-0.15, -0.1) is 0 Å². The summed E-state index contributed by atoms with van der Waals surface area (Å²) in [5, 5.41) is 5.75. The number of rotatable bonds is 5. The van der Waals surface area contributed by atoms with E-state index in [1.54, 1.807) is 36.4 Å². The quantitative estimate of drug-likeness (QED) is 0.833. The van der Waals surface area contributed by atoms with Crippen LogP contribution in [0.2, 0.25) is 5.02 Å². The third kappa shape index (κ3) is 5.31. The Morgan fingerprint density at radius 2 is 1.90 bits per heavy atom. The van der Waals surface area contributed by atoms with Gasteiger partial charge in [0.15, 0.2) is 6.73 Å². The van der Waals surface area contributed by atoms with E-state index in [4.69, 9.17) is 16.3 Å². The highest BCUT2D eigenvalue weighted by Gasteiger charge is 2.01. The van der Waals surface area contributed by atoms with Gasteiger partial charge in [0.1, 0.15) is 11.6 Å². The second-order valence-corrected chi connectivity index (χ2v) is 4.67. The van der Waals surface area contributed by atoms with Gasteiger partial charge in [-0.25, -0.2) is 9.18 Å². The van der Waals surface area contributed by atoms with E-state index in [9.17, 15) is 9.18 Å². The van der Waals surface area contributed by atoms with Gasteiger partial charge in [-0.3, -0.25) is 0 Å². The van der Waals surface area contributed by atoms with Crippen molar-refractivity contribution in [1.82, 2.24) is 10.6 Å². The number of benzene rings is 2. The van der Waals surface area contributed by atoms with Gasteiger partial charge in [-0.2, -0.15) is 0 Å². The largest absolute Gasteiger partial charge is 0.473 e. The molecule has 0 radical (unpaired) electrons. The Kier molecular flexibility index (Phi) is 5.40. The summed E-state index contributed by atoms with van der Waals surface area (Å²) in [7, 11) is 0. The molecular weight excluding hydrogens is 295 g/mol. The molecule has 0 atom stereocenters. The summed E-state index contributed by atoms with van der Waals surface area (Å²) in [6, 6.07) is 12.4. The lowest BCUT2D eigenvalue weighted by Crippen LogP contribution is -2.37. The zero-order chi connectivity index (χ0) is 15.1. The van der Waals surface area contributed by atoms with E-state index in [1.807, 2.05) is 0 Å². The number of hydrogen-bond acceptors (Lipinski definition) is 2. The van der Waals surface area contributed by atoms with Gasteiger partial charge in [-0.1, -0.05) is 23.7 Å². The molecule has 0 heterocycles. The van der Waals surface area contributed by atoms with E-state index < -0.39 is 6.03 Å². The van der Waals surface area contributed by atoms with E-state index in [0.29, 0.717) is 16.3 Å². The average molecular weight is 309 g/mol. The lowest BCUT2D eigenvalue weighted by Gasteiger charge is -2.09. The Morgan fingerprint density at radius 1 is 1.14 bits per heavy atom. The fraction of sp³-hybridized carbons (Fsp3) is 0.133. The number of hydrogen-bond donors (Lipinski definition) is 2. The van der Waals surface area contributed by atoms with Crippen LogP contribution in [0.5, 0.6) is 5.75 Å². The summed E-state index contributed by atoms with van der Waals surface area (Å²) in [6.07, 6.45) is 0. The molecule has 0 saturated heterocycles. The Bertz CT molecular complexity index is 605. The zero-order valence-corrected chi connectivity index (χ0v) is 11.9.